The third-order valence-electron chi connectivity index (χ3n) is 3.00. The van der Waals surface area contributed by atoms with Gasteiger partial charge in [-0.3, -0.25) is 4.79 Å². The maximum Gasteiger partial charge on any atom is 0.342 e. The second kappa shape index (κ2) is 7.09. The molecule has 0 radical (unpaired) electrons. The van der Waals surface area contributed by atoms with Gasteiger partial charge in [0.25, 0.3) is 0 Å². The van der Waals surface area contributed by atoms with Crippen LogP contribution in [0.4, 0.5) is 0 Å². The molecule has 0 aliphatic carbocycles. The third kappa shape index (κ3) is 4.95. The van der Waals surface area contributed by atoms with Crippen LogP contribution in [0.15, 0.2) is 48.5 Å². The molecular formula is C19H20O4. The van der Waals surface area contributed by atoms with E-state index in [-0.39, 0.29) is 0 Å². The first kappa shape index (κ1) is 16.7. The van der Waals surface area contributed by atoms with Gasteiger partial charge in [0.05, 0.1) is 0 Å². The molecule has 4 nitrogen and oxygen atoms in total. The van der Waals surface area contributed by atoms with Crippen LogP contribution < -0.4 is 4.74 Å². The van der Waals surface area contributed by atoms with Crippen LogP contribution >= 0.6 is 0 Å². The van der Waals surface area contributed by atoms with Crippen molar-refractivity contribution in [3.8, 4) is 5.75 Å². The van der Waals surface area contributed by atoms with E-state index in [9.17, 15) is 9.59 Å². The molecule has 0 bridgehead atoms. The molecule has 0 amide bonds. The zero-order chi connectivity index (χ0) is 16.9. The highest BCUT2D eigenvalue weighted by molar-refractivity contribution is 5.94. The number of hydrogen-bond acceptors (Lipinski definition) is 4. The summed E-state index contributed by atoms with van der Waals surface area (Å²) in [6, 6.07) is 14.3. The second-order valence-corrected chi connectivity index (χ2v) is 6.15. The molecule has 0 N–H and O–H groups in total. The Hall–Kier alpha value is -2.62. The van der Waals surface area contributed by atoms with Gasteiger partial charge in [-0.25, -0.2) is 4.79 Å². The Morgan fingerprint density at radius 1 is 1.09 bits per heavy atom. The van der Waals surface area contributed by atoms with E-state index in [1.54, 1.807) is 39.0 Å². The third-order valence-corrected chi connectivity index (χ3v) is 3.00. The molecule has 120 valence electrons. The van der Waals surface area contributed by atoms with Crippen LogP contribution in [-0.4, -0.2) is 17.9 Å². The van der Waals surface area contributed by atoms with Crippen LogP contribution in [-0.2, 0) is 11.3 Å². The summed E-state index contributed by atoms with van der Waals surface area (Å²) in [6.07, 6.45) is 0.717. The number of benzene rings is 2. The maximum absolute atomic E-state index is 12.3. The van der Waals surface area contributed by atoms with E-state index >= 15 is 0 Å². The number of carbonyl (C=O) groups is 2. The summed E-state index contributed by atoms with van der Waals surface area (Å²) in [5.74, 6) is -0.134. The molecule has 0 aliphatic rings. The Bertz CT molecular complexity index is 684. The Balaban J connectivity index is 2.24. The van der Waals surface area contributed by atoms with Gasteiger partial charge in [-0.05, 0) is 38.5 Å². The summed E-state index contributed by atoms with van der Waals surface area (Å²) < 4.78 is 11.1. The molecule has 2 rings (SSSR count). The predicted octanol–water partition coefficient (Wildman–Crippen LogP) is 4.03. The molecule has 0 aromatic heterocycles. The van der Waals surface area contributed by atoms with Crippen LogP contribution in [0.1, 0.15) is 47.1 Å². The van der Waals surface area contributed by atoms with Crippen molar-refractivity contribution in [2.45, 2.75) is 33.0 Å². The second-order valence-electron chi connectivity index (χ2n) is 6.15. The van der Waals surface area contributed by atoms with Crippen LogP contribution in [0.5, 0.6) is 5.75 Å². The monoisotopic (exact) mass is 312 g/mol. The lowest BCUT2D eigenvalue weighted by Gasteiger charge is -2.20. The van der Waals surface area contributed by atoms with Gasteiger partial charge in [-0.1, -0.05) is 36.4 Å². The average Bonchev–Trinajstić information content (AvgIpc) is 2.52. The number of esters is 1. The highest BCUT2D eigenvalue weighted by Crippen LogP contribution is 2.24. The molecule has 0 spiro atoms. The summed E-state index contributed by atoms with van der Waals surface area (Å²) in [5, 5.41) is 0. The van der Waals surface area contributed by atoms with E-state index in [0.717, 1.165) is 5.56 Å². The van der Waals surface area contributed by atoms with Gasteiger partial charge in [0.15, 0.2) is 0 Å². The Morgan fingerprint density at radius 3 is 2.39 bits per heavy atom. The standard InChI is InChI=1S/C19H20O4/c1-19(2,3)23-18(21)16-10-9-15(12-20)11-17(16)22-13-14-7-5-4-6-8-14/h4-12H,13H2,1-3H3. The molecule has 0 atom stereocenters. The zero-order valence-corrected chi connectivity index (χ0v) is 13.5. The molecule has 0 heterocycles. The van der Waals surface area contributed by atoms with E-state index in [2.05, 4.69) is 0 Å². The topological polar surface area (TPSA) is 52.6 Å². The quantitative estimate of drug-likeness (QED) is 0.618. The summed E-state index contributed by atoms with van der Waals surface area (Å²) in [4.78, 5) is 23.3. The van der Waals surface area contributed by atoms with Crippen molar-refractivity contribution in [1.29, 1.82) is 0 Å². The molecule has 23 heavy (non-hydrogen) atoms. The van der Waals surface area contributed by atoms with E-state index in [4.69, 9.17) is 9.47 Å². The molecule has 2 aromatic rings. The minimum absolute atomic E-state index is 0.305. The minimum Gasteiger partial charge on any atom is -0.488 e. The fourth-order valence-electron chi connectivity index (χ4n) is 1.97. The van der Waals surface area contributed by atoms with Crippen molar-refractivity contribution >= 4 is 12.3 Å². The molecule has 0 fully saturated rings. The molecule has 0 saturated carbocycles. The Morgan fingerprint density at radius 2 is 1.78 bits per heavy atom. The number of carbonyl (C=O) groups excluding carboxylic acids is 2. The minimum atomic E-state index is -0.600. The molecule has 0 unspecified atom stereocenters. The molecule has 4 heteroatoms. The van der Waals surface area contributed by atoms with Gasteiger partial charge in [0, 0.05) is 5.56 Å². The number of ether oxygens (including phenoxy) is 2. The smallest absolute Gasteiger partial charge is 0.342 e. The van der Waals surface area contributed by atoms with E-state index in [1.165, 1.54) is 0 Å². The van der Waals surface area contributed by atoms with Gasteiger partial charge in [0.2, 0.25) is 0 Å². The lowest BCUT2D eigenvalue weighted by Crippen LogP contribution is -2.24. The number of rotatable bonds is 5. The van der Waals surface area contributed by atoms with Gasteiger partial charge in [-0.2, -0.15) is 0 Å². The van der Waals surface area contributed by atoms with Crippen LogP contribution in [0, 0.1) is 0 Å². The highest BCUT2D eigenvalue weighted by Gasteiger charge is 2.21. The normalized spacial score (nSPS) is 10.9. The van der Waals surface area contributed by atoms with E-state index in [1.807, 2.05) is 30.3 Å². The van der Waals surface area contributed by atoms with E-state index in [0.29, 0.717) is 29.8 Å². The lowest BCUT2D eigenvalue weighted by molar-refractivity contribution is 0.00653. The van der Waals surface area contributed by atoms with Gasteiger partial charge in [-0.15, -0.1) is 0 Å². The van der Waals surface area contributed by atoms with Crippen molar-refractivity contribution < 1.29 is 19.1 Å². The average molecular weight is 312 g/mol. The zero-order valence-electron chi connectivity index (χ0n) is 13.5. The van der Waals surface area contributed by atoms with Crippen LogP contribution in [0.2, 0.25) is 0 Å². The van der Waals surface area contributed by atoms with Crippen LogP contribution in [0.25, 0.3) is 0 Å². The molecular weight excluding hydrogens is 292 g/mol. The highest BCUT2D eigenvalue weighted by atomic mass is 16.6. The first-order valence-electron chi connectivity index (χ1n) is 7.38. The fraction of sp³-hybridized carbons (Fsp3) is 0.263. The number of hydrogen-bond donors (Lipinski definition) is 0. The van der Waals surface area contributed by atoms with Crippen molar-refractivity contribution in [1.82, 2.24) is 0 Å². The predicted molar refractivity (Wildman–Crippen MR) is 87.8 cm³/mol. The van der Waals surface area contributed by atoms with E-state index < -0.39 is 11.6 Å². The first-order valence-corrected chi connectivity index (χ1v) is 7.38. The van der Waals surface area contributed by atoms with Crippen LogP contribution in [0.3, 0.4) is 0 Å². The van der Waals surface area contributed by atoms with Crippen molar-refractivity contribution in [2.75, 3.05) is 0 Å². The molecule has 0 saturated heterocycles. The summed E-state index contributed by atoms with van der Waals surface area (Å²) in [7, 11) is 0. The van der Waals surface area contributed by atoms with Crippen molar-refractivity contribution in [3.05, 3.63) is 65.2 Å². The first-order chi connectivity index (χ1) is 10.9. The van der Waals surface area contributed by atoms with Gasteiger partial charge in [0.1, 0.15) is 29.8 Å². The summed E-state index contributed by atoms with van der Waals surface area (Å²) in [6.45, 7) is 5.71. The maximum atomic E-state index is 12.3. The summed E-state index contributed by atoms with van der Waals surface area (Å²) >= 11 is 0. The molecule has 0 aliphatic heterocycles. The van der Waals surface area contributed by atoms with Gasteiger partial charge >= 0.3 is 5.97 Å². The van der Waals surface area contributed by atoms with Gasteiger partial charge < -0.3 is 9.47 Å². The number of aldehydes is 1. The Kier molecular flexibility index (Phi) is 5.16. The largest absolute Gasteiger partial charge is 0.488 e. The molecule has 2 aromatic carbocycles. The fourth-order valence-corrected chi connectivity index (χ4v) is 1.97. The summed E-state index contributed by atoms with van der Waals surface area (Å²) in [5.41, 5.74) is 1.12. The van der Waals surface area contributed by atoms with Crippen molar-refractivity contribution in [3.63, 3.8) is 0 Å². The van der Waals surface area contributed by atoms with Crippen molar-refractivity contribution in [2.24, 2.45) is 0 Å². The lowest BCUT2D eigenvalue weighted by atomic mass is 10.1. The Labute approximate surface area is 136 Å². The SMILES string of the molecule is CC(C)(C)OC(=O)c1ccc(C=O)cc1OCc1ccccc1.